The zero-order chi connectivity index (χ0) is 14.9. The summed E-state index contributed by atoms with van der Waals surface area (Å²) in [5.41, 5.74) is -0.339. The number of alkyl halides is 3. The van der Waals surface area contributed by atoms with E-state index < -0.39 is 17.6 Å². The fraction of sp³-hybridized carbons (Fsp3) is 0.154. The molecule has 2 nitrogen and oxygen atoms in total. The highest BCUT2D eigenvalue weighted by atomic mass is 79.9. The van der Waals surface area contributed by atoms with E-state index in [1.54, 1.807) is 6.07 Å². The van der Waals surface area contributed by atoms with E-state index in [1.807, 2.05) is 6.92 Å². The molecule has 2 aromatic rings. The lowest BCUT2D eigenvalue weighted by molar-refractivity contribution is -0.137. The van der Waals surface area contributed by atoms with Gasteiger partial charge in [0.25, 0.3) is 0 Å². The molecular weight excluding hydrogens is 340 g/mol. The number of benzene rings is 1. The van der Waals surface area contributed by atoms with Crippen molar-refractivity contribution in [3.05, 3.63) is 51.9 Å². The number of nitrogens with zero attached hydrogens (tertiary/aromatic N) is 1. The molecule has 0 aliphatic heterocycles. The maximum atomic E-state index is 13.6. The monoisotopic (exact) mass is 348 g/mol. The van der Waals surface area contributed by atoms with Crippen LogP contribution >= 0.6 is 15.9 Å². The molecule has 0 amide bonds. The number of anilines is 2. The van der Waals surface area contributed by atoms with Crippen molar-refractivity contribution >= 4 is 27.4 Å². The summed E-state index contributed by atoms with van der Waals surface area (Å²) in [6, 6.07) is 3.90. The first-order valence-electron chi connectivity index (χ1n) is 5.53. The Balaban J connectivity index is 2.38. The average molecular weight is 349 g/mol. The Hall–Kier alpha value is -1.63. The minimum atomic E-state index is -4.53. The molecule has 1 heterocycles. The van der Waals surface area contributed by atoms with Crippen molar-refractivity contribution in [2.45, 2.75) is 13.1 Å². The third-order valence-corrected chi connectivity index (χ3v) is 3.13. The fourth-order valence-electron chi connectivity index (χ4n) is 1.55. The zero-order valence-corrected chi connectivity index (χ0v) is 11.8. The van der Waals surface area contributed by atoms with Gasteiger partial charge in [0.2, 0.25) is 0 Å². The van der Waals surface area contributed by atoms with Crippen molar-refractivity contribution in [3.63, 3.8) is 0 Å². The maximum absolute atomic E-state index is 13.6. The Bertz CT molecular complexity index is 641. The molecule has 0 fully saturated rings. The Morgan fingerprint density at radius 2 is 1.90 bits per heavy atom. The first-order chi connectivity index (χ1) is 9.27. The fourth-order valence-corrected chi connectivity index (χ4v) is 2.11. The van der Waals surface area contributed by atoms with Gasteiger partial charge in [-0.1, -0.05) is 0 Å². The molecule has 1 aromatic heterocycles. The van der Waals surface area contributed by atoms with E-state index in [9.17, 15) is 17.6 Å². The van der Waals surface area contributed by atoms with Crippen molar-refractivity contribution in [2.75, 3.05) is 5.32 Å². The predicted molar refractivity (Wildman–Crippen MR) is 71.4 cm³/mol. The molecule has 7 heteroatoms. The first kappa shape index (κ1) is 14.8. The van der Waals surface area contributed by atoms with Crippen molar-refractivity contribution in [1.29, 1.82) is 0 Å². The van der Waals surface area contributed by atoms with Gasteiger partial charge in [-0.25, -0.2) is 9.37 Å². The second kappa shape index (κ2) is 5.40. The summed E-state index contributed by atoms with van der Waals surface area (Å²) in [6.45, 7) is 1.81. The van der Waals surface area contributed by atoms with E-state index in [0.29, 0.717) is 16.6 Å². The summed E-state index contributed by atoms with van der Waals surface area (Å²) >= 11 is 3.22. The normalized spacial score (nSPS) is 11.5. The third-order valence-electron chi connectivity index (χ3n) is 2.52. The van der Waals surface area contributed by atoms with E-state index in [2.05, 4.69) is 26.2 Å². The van der Waals surface area contributed by atoms with Gasteiger partial charge in [0.05, 0.1) is 15.7 Å². The van der Waals surface area contributed by atoms with Gasteiger partial charge in [-0.05, 0) is 52.7 Å². The number of pyridine rings is 1. The number of hydrogen-bond acceptors (Lipinski definition) is 2. The number of aryl methyl sites for hydroxylation is 1. The molecule has 0 saturated heterocycles. The summed E-state index contributed by atoms with van der Waals surface area (Å²) in [5.74, 6) is -0.541. The Kier molecular flexibility index (Phi) is 3.99. The lowest BCUT2D eigenvalue weighted by atomic mass is 10.2. The van der Waals surface area contributed by atoms with Crippen molar-refractivity contribution in [2.24, 2.45) is 0 Å². The van der Waals surface area contributed by atoms with Gasteiger partial charge in [0.15, 0.2) is 0 Å². The molecule has 0 spiro atoms. The number of rotatable bonds is 2. The summed E-state index contributed by atoms with van der Waals surface area (Å²) in [4.78, 5) is 4.00. The summed E-state index contributed by atoms with van der Waals surface area (Å²) in [6.07, 6.45) is -3.00. The van der Waals surface area contributed by atoms with Crippen LogP contribution in [0.2, 0.25) is 0 Å². The molecule has 0 bridgehead atoms. The molecule has 0 radical (unpaired) electrons. The molecule has 0 aliphatic carbocycles. The van der Waals surface area contributed by atoms with Crippen LogP contribution in [-0.4, -0.2) is 4.98 Å². The predicted octanol–water partition coefficient (Wildman–Crippen LogP) is 5.05. The number of halogens is 5. The Morgan fingerprint density at radius 1 is 1.20 bits per heavy atom. The lowest BCUT2D eigenvalue weighted by Crippen LogP contribution is -2.06. The number of aromatic nitrogens is 1. The van der Waals surface area contributed by atoms with Gasteiger partial charge in [0, 0.05) is 6.20 Å². The molecule has 1 N–H and O–H groups in total. The van der Waals surface area contributed by atoms with Gasteiger partial charge in [-0.3, -0.25) is 0 Å². The third kappa shape index (κ3) is 3.27. The zero-order valence-electron chi connectivity index (χ0n) is 10.2. The van der Waals surface area contributed by atoms with Gasteiger partial charge in [0.1, 0.15) is 11.6 Å². The minimum Gasteiger partial charge on any atom is -0.337 e. The maximum Gasteiger partial charge on any atom is 0.416 e. The molecule has 0 saturated carbocycles. The van der Waals surface area contributed by atoms with Gasteiger partial charge in [-0.15, -0.1) is 0 Å². The average Bonchev–Trinajstić information content (AvgIpc) is 2.33. The molecule has 1 aromatic carbocycles. The molecule has 106 valence electrons. The quantitative estimate of drug-likeness (QED) is 0.767. The van der Waals surface area contributed by atoms with E-state index in [-0.39, 0.29) is 11.5 Å². The second-order valence-corrected chi connectivity index (χ2v) is 5.01. The summed E-state index contributed by atoms with van der Waals surface area (Å²) < 4.78 is 51.9. The standard InChI is InChI=1S/C13H9BrF4N2/c1-7-4-9(14)12(19-6-7)20-11-5-8(13(16,17)18)2-3-10(11)15/h2-6H,1H3,(H,19,20). The molecule has 0 atom stereocenters. The van der Waals surface area contributed by atoms with E-state index in [4.69, 9.17) is 0 Å². The van der Waals surface area contributed by atoms with Crippen molar-refractivity contribution in [1.82, 2.24) is 4.98 Å². The Morgan fingerprint density at radius 3 is 2.50 bits per heavy atom. The van der Waals surface area contributed by atoms with E-state index >= 15 is 0 Å². The highest BCUT2D eigenvalue weighted by Crippen LogP contribution is 2.33. The number of hydrogen-bond donors (Lipinski definition) is 1. The smallest absolute Gasteiger partial charge is 0.337 e. The van der Waals surface area contributed by atoms with Crippen LogP contribution < -0.4 is 5.32 Å². The van der Waals surface area contributed by atoms with Gasteiger partial charge < -0.3 is 5.32 Å². The molecular formula is C13H9BrF4N2. The van der Waals surface area contributed by atoms with E-state index in [1.165, 1.54) is 6.20 Å². The van der Waals surface area contributed by atoms with Crippen LogP contribution in [0.25, 0.3) is 0 Å². The van der Waals surface area contributed by atoms with Crippen LogP contribution in [0.5, 0.6) is 0 Å². The molecule has 0 aliphatic rings. The molecule has 2 rings (SSSR count). The Labute approximate surface area is 121 Å². The molecule has 0 unspecified atom stereocenters. The second-order valence-electron chi connectivity index (χ2n) is 4.16. The first-order valence-corrected chi connectivity index (χ1v) is 6.32. The van der Waals surface area contributed by atoms with E-state index in [0.717, 1.165) is 11.6 Å². The van der Waals surface area contributed by atoms with Crippen LogP contribution in [0.3, 0.4) is 0 Å². The highest BCUT2D eigenvalue weighted by Gasteiger charge is 2.31. The van der Waals surface area contributed by atoms with Gasteiger partial charge >= 0.3 is 6.18 Å². The number of nitrogens with one attached hydrogen (secondary N) is 1. The largest absolute Gasteiger partial charge is 0.416 e. The van der Waals surface area contributed by atoms with Crippen LogP contribution in [-0.2, 0) is 6.18 Å². The van der Waals surface area contributed by atoms with Crippen molar-refractivity contribution in [3.8, 4) is 0 Å². The topological polar surface area (TPSA) is 24.9 Å². The van der Waals surface area contributed by atoms with Crippen LogP contribution in [0.4, 0.5) is 29.1 Å². The van der Waals surface area contributed by atoms with Gasteiger partial charge in [-0.2, -0.15) is 13.2 Å². The van der Waals surface area contributed by atoms with Crippen molar-refractivity contribution < 1.29 is 17.6 Å². The lowest BCUT2D eigenvalue weighted by Gasteiger charge is -2.12. The summed E-state index contributed by atoms with van der Waals surface area (Å²) in [7, 11) is 0. The van der Waals surface area contributed by atoms with Crippen LogP contribution in [0.15, 0.2) is 34.9 Å². The van der Waals surface area contributed by atoms with Crippen LogP contribution in [0.1, 0.15) is 11.1 Å². The SMILES string of the molecule is Cc1cnc(Nc2cc(C(F)(F)F)ccc2F)c(Br)c1. The summed E-state index contributed by atoms with van der Waals surface area (Å²) in [5, 5.41) is 2.55. The van der Waals surface area contributed by atoms with Crippen LogP contribution in [0, 0.1) is 12.7 Å². The highest BCUT2D eigenvalue weighted by molar-refractivity contribution is 9.10. The minimum absolute atomic E-state index is 0.244. The molecule has 20 heavy (non-hydrogen) atoms.